The van der Waals surface area contributed by atoms with Crippen LogP contribution in [0.5, 0.6) is 0 Å². The summed E-state index contributed by atoms with van der Waals surface area (Å²) in [5, 5.41) is 10.5. The highest BCUT2D eigenvalue weighted by molar-refractivity contribution is 7.10. The molecule has 1 rings (SSSR count). The molecule has 1 N–H and O–H groups in total. The second-order valence-corrected chi connectivity index (χ2v) is 4.96. The van der Waals surface area contributed by atoms with Gasteiger partial charge in [0.15, 0.2) is 0 Å². The first-order valence-corrected chi connectivity index (χ1v) is 6.99. The van der Waals surface area contributed by atoms with E-state index in [1.807, 2.05) is 5.38 Å². The normalized spacial score (nSPS) is 9.84. The van der Waals surface area contributed by atoms with Crippen molar-refractivity contribution in [2.45, 2.75) is 12.8 Å². The van der Waals surface area contributed by atoms with Gasteiger partial charge in [0.25, 0.3) is 5.91 Å². The minimum atomic E-state index is 0.00237. The summed E-state index contributed by atoms with van der Waals surface area (Å²) in [5.41, 5.74) is 0.665. The van der Waals surface area contributed by atoms with Crippen LogP contribution in [0.4, 0.5) is 0 Å². The third kappa shape index (κ3) is 5.43. The molecule has 1 amide bonds. The molecule has 1 aromatic rings. The number of hydrogen-bond acceptors (Lipinski definition) is 4. The Bertz CT molecular complexity index is 459. The number of aliphatic hydroxyl groups excluding tert-OH is 1. The molecule has 0 saturated carbocycles. The molecule has 0 aromatic carbocycles. The van der Waals surface area contributed by atoms with Crippen LogP contribution in [-0.2, 0) is 4.74 Å². The average Bonchev–Trinajstić information content (AvgIpc) is 2.87. The predicted octanol–water partition coefficient (Wildman–Crippen LogP) is 1.59. The molecule has 104 valence electrons. The number of carbonyl (C=O) groups excluding carboxylic acids is 1. The van der Waals surface area contributed by atoms with Gasteiger partial charge in [0, 0.05) is 39.1 Å². The lowest BCUT2D eigenvalue weighted by molar-refractivity contribution is 0.0780. The Morgan fingerprint density at radius 1 is 1.58 bits per heavy atom. The van der Waals surface area contributed by atoms with Gasteiger partial charge in [-0.05, 0) is 12.5 Å². The first-order valence-electron chi connectivity index (χ1n) is 6.11. The van der Waals surface area contributed by atoms with E-state index in [0.717, 1.165) is 11.3 Å². The van der Waals surface area contributed by atoms with Crippen molar-refractivity contribution < 1.29 is 14.6 Å². The zero-order valence-electron chi connectivity index (χ0n) is 11.3. The lowest BCUT2D eigenvalue weighted by Gasteiger charge is -2.15. The highest BCUT2D eigenvalue weighted by Crippen LogP contribution is 2.15. The van der Waals surface area contributed by atoms with Crippen LogP contribution in [0.25, 0.3) is 0 Å². The van der Waals surface area contributed by atoms with E-state index in [0.29, 0.717) is 25.1 Å². The quantitative estimate of drug-likeness (QED) is 0.636. The lowest BCUT2D eigenvalue weighted by Crippen LogP contribution is -2.27. The molecule has 0 spiro atoms. The second kappa shape index (κ2) is 8.70. The Labute approximate surface area is 118 Å². The van der Waals surface area contributed by atoms with Crippen LogP contribution in [0.15, 0.2) is 11.4 Å². The number of methoxy groups -OCH3 is 1. The molecule has 0 atom stereocenters. The molecule has 0 unspecified atom stereocenters. The van der Waals surface area contributed by atoms with Crippen LogP contribution >= 0.6 is 11.3 Å². The maximum Gasteiger partial charge on any atom is 0.254 e. The SMILES string of the molecule is COCCCN(C)C(=O)c1csc(C#CCCO)c1. The Kier molecular flexibility index (Phi) is 7.19. The van der Waals surface area contributed by atoms with Gasteiger partial charge in [0.05, 0.1) is 17.0 Å². The Morgan fingerprint density at radius 2 is 2.37 bits per heavy atom. The number of rotatable bonds is 6. The van der Waals surface area contributed by atoms with Crippen LogP contribution in [0.1, 0.15) is 28.1 Å². The average molecular weight is 281 g/mol. The Morgan fingerprint density at radius 3 is 3.05 bits per heavy atom. The predicted molar refractivity (Wildman–Crippen MR) is 76.4 cm³/mol. The molecule has 5 heteroatoms. The molecular weight excluding hydrogens is 262 g/mol. The maximum atomic E-state index is 12.1. The van der Waals surface area contributed by atoms with Crippen molar-refractivity contribution in [2.75, 3.05) is 33.9 Å². The largest absolute Gasteiger partial charge is 0.395 e. The van der Waals surface area contributed by atoms with Crippen LogP contribution in [0.3, 0.4) is 0 Å². The zero-order valence-corrected chi connectivity index (χ0v) is 12.1. The minimum Gasteiger partial charge on any atom is -0.395 e. The minimum absolute atomic E-state index is 0.00237. The second-order valence-electron chi connectivity index (χ2n) is 4.05. The van der Waals surface area contributed by atoms with Gasteiger partial charge < -0.3 is 14.7 Å². The van der Waals surface area contributed by atoms with Crippen molar-refractivity contribution in [1.29, 1.82) is 0 Å². The van der Waals surface area contributed by atoms with E-state index in [1.54, 1.807) is 25.1 Å². The monoisotopic (exact) mass is 281 g/mol. The number of carbonyl (C=O) groups is 1. The van der Waals surface area contributed by atoms with Gasteiger partial charge in [-0.15, -0.1) is 11.3 Å². The summed E-state index contributed by atoms with van der Waals surface area (Å²) in [6, 6.07) is 1.80. The summed E-state index contributed by atoms with van der Waals surface area (Å²) in [6.45, 7) is 1.39. The molecule has 0 fully saturated rings. The van der Waals surface area contributed by atoms with E-state index in [-0.39, 0.29) is 12.5 Å². The smallest absolute Gasteiger partial charge is 0.254 e. The van der Waals surface area contributed by atoms with E-state index in [4.69, 9.17) is 9.84 Å². The van der Waals surface area contributed by atoms with E-state index in [1.165, 1.54) is 11.3 Å². The molecule has 0 aliphatic heterocycles. The molecule has 0 aliphatic rings. The summed E-state index contributed by atoms with van der Waals surface area (Å²) in [4.78, 5) is 14.6. The zero-order chi connectivity index (χ0) is 14.1. The van der Waals surface area contributed by atoms with Gasteiger partial charge in [-0.1, -0.05) is 11.8 Å². The summed E-state index contributed by atoms with van der Waals surface area (Å²) in [5.74, 6) is 5.78. The van der Waals surface area contributed by atoms with Crippen LogP contribution in [0, 0.1) is 11.8 Å². The number of aliphatic hydroxyl groups is 1. The molecular formula is C14H19NO3S. The number of nitrogens with zero attached hydrogens (tertiary/aromatic N) is 1. The third-order valence-corrected chi connectivity index (χ3v) is 3.33. The first kappa shape index (κ1) is 15.7. The fraction of sp³-hybridized carbons (Fsp3) is 0.500. The number of amides is 1. The summed E-state index contributed by atoms with van der Waals surface area (Å²) < 4.78 is 4.96. The molecule has 4 nitrogen and oxygen atoms in total. The molecule has 0 radical (unpaired) electrons. The van der Waals surface area contributed by atoms with Crippen molar-refractivity contribution in [3.63, 3.8) is 0 Å². The van der Waals surface area contributed by atoms with Crippen LogP contribution in [0.2, 0.25) is 0 Å². The number of ether oxygens (including phenoxy) is 1. The molecule has 0 bridgehead atoms. The van der Waals surface area contributed by atoms with Gasteiger partial charge >= 0.3 is 0 Å². The van der Waals surface area contributed by atoms with Crippen molar-refractivity contribution in [3.05, 3.63) is 21.9 Å². The standard InChI is InChI=1S/C14H19NO3S/c1-15(7-5-9-18-2)14(17)12-10-13(19-11-12)6-3-4-8-16/h10-11,16H,4-5,7-9H2,1-2H3. The van der Waals surface area contributed by atoms with E-state index >= 15 is 0 Å². The van der Waals surface area contributed by atoms with Gasteiger partial charge in [-0.2, -0.15) is 0 Å². The third-order valence-electron chi connectivity index (χ3n) is 2.48. The van der Waals surface area contributed by atoms with Crippen molar-refractivity contribution in [3.8, 4) is 11.8 Å². The maximum absolute atomic E-state index is 12.1. The molecule has 0 aliphatic carbocycles. The summed E-state index contributed by atoms with van der Waals surface area (Å²) in [6.07, 6.45) is 1.28. The lowest BCUT2D eigenvalue weighted by atomic mass is 10.2. The Balaban J connectivity index is 2.55. The summed E-state index contributed by atoms with van der Waals surface area (Å²) in [7, 11) is 3.44. The van der Waals surface area contributed by atoms with Crippen molar-refractivity contribution in [1.82, 2.24) is 4.90 Å². The molecule has 1 heterocycles. The molecule has 19 heavy (non-hydrogen) atoms. The van der Waals surface area contributed by atoms with Crippen molar-refractivity contribution >= 4 is 17.2 Å². The van der Waals surface area contributed by atoms with E-state index in [9.17, 15) is 4.79 Å². The first-order chi connectivity index (χ1) is 9.19. The Hall–Kier alpha value is -1.35. The van der Waals surface area contributed by atoms with E-state index in [2.05, 4.69) is 11.8 Å². The molecule has 1 aromatic heterocycles. The van der Waals surface area contributed by atoms with Crippen LogP contribution < -0.4 is 0 Å². The number of thiophene rings is 1. The fourth-order valence-electron chi connectivity index (χ4n) is 1.49. The summed E-state index contributed by atoms with van der Waals surface area (Å²) >= 11 is 1.45. The number of hydrogen-bond donors (Lipinski definition) is 1. The fourth-order valence-corrected chi connectivity index (χ4v) is 2.24. The van der Waals surface area contributed by atoms with E-state index < -0.39 is 0 Å². The van der Waals surface area contributed by atoms with Gasteiger partial charge in [-0.25, -0.2) is 0 Å². The van der Waals surface area contributed by atoms with Crippen LogP contribution in [-0.4, -0.2) is 49.8 Å². The highest BCUT2D eigenvalue weighted by atomic mass is 32.1. The van der Waals surface area contributed by atoms with Crippen molar-refractivity contribution in [2.24, 2.45) is 0 Å². The topological polar surface area (TPSA) is 49.8 Å². The van der Waals surface area contributed by atoms with Gasteiger partial charge in [0.1, 0.15) is 0 Å². The van der Waals surface area contributed by atoms with Gasteiger partial charge in [0.2, 0.25) is 0 Å². The molecule has 0 saturated heterocycles. The van der Waals surface area contributed by atoms with Gasteiger partial charge in [-0.3, -0.25) is 4.79 Å². The highest BCUT2D eigenvalue weighted by Gasteiger charge is 2.12.